The summed E-state index contributed by atoms with van der Waals surface area (Å²) in [4.78, 5) is 27.1. The monoisotopic (exact) mass is 406 g/mol. The van der Waals surface area contributed by atoms with E-state index in [4.69, 9.17) is 4.42 Å². The first-order valence-corrected chi connectivity index (χ1v) is 10.6. The van der Waals surface area contributed by atoms with E-state index in [1.54, 1.807) is 23.8 Å². The van der Waals surface area contributed by atoms with Crippen LogP contribution in [0.3, 0.4) is 0 Å². The van der Waals surface area contributed by atoms with E-state index in [2.05, 4.69) is 34.8 Å². The van der Waals surface area contributed by atoms with Gasteiger partial charge in [-0.2, -0.15) is 0 Å². The number of piperazine rings is 1. The Hall–Kier alpha value is -2.93. The molecular formula is C22H22N4O2S. The maximum absolute atomic E-state index is 12.9. The molecule has 7 heteroatoms. The summed E-state index contributed by atoms with van der Waals surface area (Å²) in [6.45, 7) is 7.14. The van der Waals surface area contributed by atoms with Gasteiger partial charge in [-0.25, -0.2) is 9.97 Å². The first-order chi connectivity index (χ1) is 14.1. The average Bonchev–Trinajstić information content (AvgIpc) is 3.33. The topological polar surface area (TPSA) is 62.5 Å². The number of furan rings is 1. The molecule has 4 aromatic rings. The van der Waals surface area contributed by atoms with Crippen LogP contribution < -0.4 is 4.90 Å². The van der Waals surface area contributed by atoms with Crippen molar-refractivity contribution in [1.82, 2.24) is 14.9 Å². The maximum atomic E-state index is 12.9. The SMILES string of the molecule is Cc1cc2occ(CC(=O)N3CCN(c4nc5cccnc5s4)CC3)c2cc1C. The molecule has 0 atom stereocenters. The molecular weight excluding hydrogens is 384 g/mol. The zero-order chi connectivity index (χ0) is 20.0. The van der Waals surface area contributed by atoms with Gasteiger partial charge in [0.2, 0.25) is 5.91 Å². The zero-order valence-electron chi connectivity index (χ0n) is 16.5. The highest BCUT2D eigenvalue weighted by Crippen LogP contribution is 2.28. The van der Waals surface area contributed by atoms with Gasteiger partial charge in [0.05, 0.1) is 12.7 Å². The van der Waals surface area contributed by atoms with Crippen molar-refractivity contribution in [3.05, 3.63) is 53.4 Å². The van der Waals surface area contributed by atoms with Gasteiger partial charge < -0.3 is 14.2 Å². The molecule has 0 unspecified atom stereocenters. The van der Waals surface area contributed by atoms with Crippen molar-refractivity contribution in [2.75, 3.05) is 31.1 Å². The standard InChI is InChI=1S/C22H22N4O2S/c1-14-10-17-16(13-28-19(17)11-15(14)2)12-20(27)25-6-8-26(9-7-25)22-24-18-4-3-5-23-21(18)29-22/h3-5,10-11,13H,6-9,12H2,1-2H3. The van der Waals surface area contributed by atoms with Crippen molar-refractivity contribution >= 4 is 43.7 Å². The first-order valence-electron chi connectivity index (χ1n) is 9.80. The highest BCUT2D eigenvalue weighted by Gasteiger charge is 2.24. The fraction of sp³-hybridized carbons (Fsp3) is 0.318. The fourth-order valence-electron chi connectivity index (χ4n) is 3.79. The number of aromatic nitrogens is 2. The molecule has 1 aliphatic rings. The van der Waals surface area contributed by atoms with Crippen LogP contribution in [0.2, 0.25) is 0 Å². The molecule has 3 aromatic heterocycles. The smallest absolute Gasteiger partial charge is 0.227 e. The summed E-state index contributed by atoms with van der Waals surface area (Å²) in [6, 6.07) is 8.06. The van der Waals surface area contributed by atoms with Gasteiger partial charge in [0.25, 0.3) is 0 Å². The van der Waals surface area contributed by atoms with Gasteiger partial charge in [-0.05, 0) is 49.2 Å². The number of hydrogen-bond acceptors (Lipinski definition) is 6. The van der Waals surface area contributed by atoms with E-state index < -0.39 is 0 Å². The minimum atomic E-state index is 0.150. The van der Waals surface area contributed by atoms with Crippen LogP contribution in [-0.4, -0.2) is 47.0 Å². The molecule has 4 heterocycles. The van der Waals surface area contributed by atoms with E-state index in [1.807, 2.05) is 23.1 Å². The number of rotatable bonds is 3. The third kappa shape index (κ3) is 3.35. The molecule has 5 rings (SSSR count). The molecule has 6 nitrogen and oxygen atoms in total. The highest BCUT2D eigenvalue weighted by molar-refractivity contribution is 7.21. The number of carbonyl (C=O) groups is 1. The molecule has 0 saturated carbocycles. The second kappa shape index (κ2) is 7.15. The number of carbonyl (C=O) groups excluding carboxylic acids is 1. The van der Waals surface area contributed by atoms with Crippen LogP contribution in [0.1, 0.15) is 16.7 Å². The first kappa shape index (κ1) is 18.1. The van der Waals surface area contributed by atoms with Gasteiger partial charge in [-0.1, -0.05) is 11.3 Å². The average molecular weight is 407 g/mol. The van der Waals surface area contributed by atoms with Crippen LogP contribution in [-0.2, 0) is 11.2 Å². The molecule has 0 bridgehead atoms. The van der Waals surface area contributed by atoms with Crippen molar-refractivity contribution in [3.8, 4) is 0 Å². The van der Waals surface area contributed by atoms with Gasteiger partial charge in [0.15, 0.2) is 5.13 Å². The van der Waals surface area contributed by atoms with E-state index >= 15 is 0 Å². The molecule has 1 aromatic carbocycles. The molecule has 0 spiro atoms. The summed E-state index contributed by atoms with van der Waals surface area (Å²) in [5.74, 6) is 0.150. The van der Waals surface area contributed by atoms with Crippen LogP contribution in [0.15, 0.2) is 41.1 Å². The van der Waals surface area contributed by atoms with E-state index in [0.29, 0.717) is 19.5 Å². The predicted molar refractivity (Wildman–Crippen MR) is 116 cm³/mol. The predicted octanol–water partition coefficient (Wildman–Crippen LogP) is 3.95. The van der Waals surface area contributed by atoms with Gasteiger partial charge in [-0.3, -0.25) is 4.79 Å². The Balaban J connectivity index is 1.26. The summed E-state index contributed by atoms with van der Waals surface area (Å²) in [5.41, 5.74) is 5.17. The lowest BCUT2D eigenvalue weighted by molar-refractivity contribution is -0.130. The second-order valence-corrected chi connectivity index (χ2v) is 8.52. The van der Waals surface area contributed by atoms with Gasteiger partial charge in [-0.15, -0.1) is 0 Å². The molecule has 1 amide bonds. The maximum Gasteiger partial charge on any atom is 0.227 e. The van der Waals surface area contributed by atoms with Crippen molar-refractivity contribution in [3.63, 3.8) is 0 Å². The Bertz CT molecular complexity index is 1170. The quantitative estimate of drug-likeness (QED) is 0.516. The van der Waals surface area contributed by atoms with E-state index in [1.165, 1.54) is 11.1 Å². The Morgan fingerprint density at radius 2 is 1.97 bits per heavy atom. The van der Waals surface area contributed by atoms with Crippen LogP contribution in [0.4, 0.5) is 5.13 Å². The summed E-state index contributed by atoms with van der Waals surface area (Å²) in [5, 5.41) is 2.03. The number of fused-ring (bicyclic) bond motifs is 2. The van der Waals surface area contributed by atoms with Crippen LogP contribution >= 0.6 is 11.3 Å². The summed E-state index contributed by atoms with van der Waals surface area (Å²) in [7, 11) is 0. The third-order valence-electron chi connectivity index (χ3n) is 5.67. The Morgan fingerprint density at radius 3 is 2.76 bits per heavy atom. The van der Waals surface area contributed by atoms with Gasteiger partial charge in [0, 0.05) is 43.3 Å². The van der Waals surface area contributed by atoms with Crippen LogP contribution in [0, 0.1) is 13.8 Å². The van der Waals surface area contributed by atoms with Gasteiger partial charge >= 0.3 is 0 Å². The highest BCUT2D eigenvalue weighted by atomic mass is 32.1. The molecule has 0 radical (unpaired) electrons. The second-order valence-electron chi connectivity index (χ2n) is 7.56. The minimum absolute atomic E-state index is 0.150. The number of amides is 1. The number of anilines is 1. The Labute approximate surface area is 172 Å². The number of nitrogens with zero attached hydrogens (tertiary/aromatic N) is 4. The largest absolute Gasteiger partial charge is 0.464 e. The van der Waals surface area contributed by atoms with Crippen molar-refractivity contribution in [1.29, 1.82) is 0 Å². The molecule has 0 N–H and O–H groups in total. The summed E-state index contributed by atoms with van der Waals surface area (Å²) < 4.78 is 5.69. The van der Waals surface area contributed by atoms with Crippen LogP contribution in [0.5, 0.6) is 0 Å². The molecule has 1 saturated heterocycles. The molecule has 1 fully saturated rings. The van der Waals surface area contributed by atoms with E-state index in [0.717, 1.165) is 45.1 Å². The van der Waals surface area contributed by atoms with E-state index in [9.17, 15) is 4.79 Å². The van der Waals surface area contributed by atoms with Gasteiger partial charge in [0.1, 0.15) is 15.9 Å². The minimum Gasteiger partial charge on any atom is -0.464 e. The normalized spacial score (nSPS) is 14.8. The zero-order valence-corrected chi connectivity index (χ0v) is 17.3. The Morgan fingerprint density at radius 1 is 1.17 bits per heavy atom. The van der Waals surface area contributed by atoms with Crippen molar-refractivity contribution < 1.29 is 9.21 Å². The fourth-order valence-corrected chi connectivity index (χ4v) is 4.75. The lowest BCUT2D eigenvalue weighted by atomic mass is 10.0. The van der Waals surface area contributed by atoms with Crippen molar-refractivity contribution in [2.24, 2.45) is 0 Å². The molecule has 0 aliphatic carbocycles. The summed E-state index contributed by atoms with van der Waals surface area (Å²) in [6.07, 6.45) is 3.90. The number of hydrogen-bond donors (Lipinski definition) is 0. The molecule has 29 heavy (non-hydrogen) atoms. The van der Waals surface area contributed by atoms with E-state index in [-0.39, 0.29) is 5.91 Å². The lowest BCUT2D eigenvalue weighted by Crippen LogP contribution is -2.49. The third-order valence-corrected chi connectivity index (χ3v) is 6.71. The number of benzene rings is 1. The Kier molecular flexibility index (Phi) is 4.47. The van der Waals surface area contributed by atoms with Crippen LogP contribution in [0.25, 0.3) is 21.3 Å². The number of aryl methyl sites for hydroxylation is 2. The number of thiazole rings is 1. The summed E-state index contributed by atoms with van der Waals surface area (Å²) >= 11 is 1.61. The molecule has 1 aliphatic heterocycles. The molecule has 148 valence electrons. The lowest BCUT2D eigenvalue weighted by Gasteiger charge is -2.34. The van der Waals surface area contributed by atoms with Crippen molar-refractivity contribution in [2.45, 2.75) is 20.3 Å². The number of pyridine rings is 1.